The molecule has 0 fully saturated rings. The van der Waals surface area contributed by atoms with E-state index in [0.29, 0.717) is 0 Å². The van der Waals surface area contributed by atoms with Crippen LogP contribution in [0.1, 0.15) is 0 Å². The third kappa shape index (κ3) is 2.35. The van der Waals surface area contributed by atoms with Gasteiger partial charge in [-0.2, -0.15) is 0 Å². The van der Waals surface area contributed by atoms with Crippen LogP contribution >= 0.6 is 0 Å². The molecule has 0 aliphatic rings. The molecule has 1 heterocycles. The van der Waals surface area contributed by atoms with Crippen LogP contribution in [0.4, 0.5) is 0 Å². The van der Waals surface area contributed by atoms with Gasteiger partial charge in [0.15, 0.2) is 5.03 Å². The highest BCUT2D eigenvalue weighted by Gasteiger charge is 2.27. The van der Waals surface area contributed by atoms with E-state index in [1.165, 1.54) is 32.4 Å². The Morgan fingerprint density at radius 2 is 2.00 bits per heavy atom. The van der Waals surface area contributed by atoms with E-state index in [0.717, 1.165) is 4.31 Å². The molecule has 0 aliphatic carbocycles. The van der Waals surface area contributed by atoms with Gasteiger partial charge in [-0.1, -0.05) is 6.07 Å². The summed E-state index contributed by atoms with van der Waals surface area (Å²) in [5, 5.41) is 17.6. The second-order valence-corrected chi connectivity index (χ2v) is 5.13. The van der Waals surface area contributed by atoms with Crippen molar-refractivity contribution in [2.24, 2.45) is 0 Å². The first kappa shape index (κ1) is 12.1. The van der Waals surface area contributed by atoms with Crippen LogP contribution in [0.2, 0.25) is 0 Å². The van der Waals surface area contributed by atoms with Crippen LogP contribution < -0.4 is 5.46 Å². The van der Waals surface area contributed by atoms with E-state index >= 15 is 0 Å². The monoisotopic (exact) mass is 230 g/mol. The van der Waals surface area contributed by atoms with Gasteiger partial charge in [0.2, 0.25) is 0 Å². The Labute approximate surface area is 88.4 Å². The molecule has 0 saturated carbocycles. The number of pyridine rings is 1. The zero-order chi connectivity index (χ0) is 11.6. The van der Waals surface area contributed by atoms with E-state index < -0.39 is 17.1 Å². The summed E-state index contributed by atoms with van der Waals surface area (Å²) < 4.78 is 24.4. The molecule has 6 nitrogen and oxygen atoms in total. The van der Waals surface area contributed by atoms with Crippen molar-refractivity contribution in [1.29, 1.82) is 0 Å². The number of hydrogen-bond acceptors (Lipinski definition) is 5. The maximum Gasteiger partial charge on any atom is 0.491 e. The van der Waals surface area contributed by atoms with Crippen molar-refractivity contribution in [1.82, 2.24) is 9.29 Å². The summed E-state index contributed by atoms with van der Waals surface area (Å²) in [6.45, 7) is 0. The minimum atomic E-state index is -3.75. The first-order valence-electron chi connectivity index (χ1n) is 4.11. The zero-order valence-electron chi connectivity index (χ0n) is 8.32. The van der Waals surface area contributed by atoms with Crippen molar-refractivity contribution in [2.45, 2.75) is 5.03 Å². The van der Waals surface area contributed by atoms with Gasteiger partial charge in [-0.05, 0) is 6.07 Å². The van der Waals surface area contributed by atoms with E-state index in [2.05, 4.69) is 4.98 Å². The Kier molecular flexibility index (Phi) is 3.45. The maximum atomic E-state index is 11.7. The Balaban J connectivity index is 3.38. The third-order valence-corrected chi connectivity index (χ3v) is 3.60. The second-order valence-electron chi connectivity index (χ2n) is 3.06. The topological polar surface area (TPSA) is 90.7 Å². The van der Waals surface area contributed by atoms with Gasteiger partial charge in [0.25, 0.3) is 10.0 Å². The van der Waals surface area contributed by atoms with E-state index in [9.17, 15) is 8.42 Å². The smallest absolute Gasteiger partial charge is 0.423 e. The van der Waals surface area contributed by atoms with Crippen LogP contribution in [-0.2, 0) is 10.0 Å². The predicted octanol–water partition coefficient (Wildman–Crippen LogP) is -1.99. The van der Waals surface area contributed by atoms with E-state index in [4.69, 9.17) is 10.0 Å². The summed E-state index contributed by atoms with van der Waals surface area (Å²) in [5.74, 6) is 0. The number of aromatic nitrogens is 1. The van der Waals surface area contributed by atoms with Gasteiger partial charge in [0.05, 0.1) is 0 Å². The lowest BCUT2D eigenvalue weighted by molar-refractivity contribution is 0.423. The maximum absolute atomic E-state index is 11.7. The molecule has 0 aliphatic heterocycles. The summed E-state index contributed by atoms with van der Waals surface area (Å²) >= 11 is 0. The molecule has 0 bridgehead atoms. The molecular formula is C7H11BN2O4S. The highest BCUT2D eigenvalue weighted by Crippen LogP contribution is 2.06. The van der Waals surface area contributed by atoms with Crippen molar-refractivity contribution < 1.29 is 18.5 Å². The molecule has 1 rings (SSSR count). The van der Waals surface area contributed by atoms with Crippen molar-refractivity contribution >= 4 is 22.6 Å². The van der Waals surface area contributed by atoms with E-state index in [-0.39, 0.29) is 10.5 Å². The Morgan fingerprint density at radius 3 is 2.47 bits per heavy atom. The van der Waals surface area contributed by atoms with Crippen molar-refractivity contribution in [3.63, 3.8) is 0 Å². The van der Waals surface area contributed by atoms with Gasteiger partial charge in [-0.15, -0.1) is 0 Å². The van der Waals surface area contributed by atoms with Crippen molar-refractivity contribution in [3.05, 3.63) is 18.3 Å². The molecule has 8 heteroatoms. The van der Waals surface area contributed by atoms with Gasteiger partial charge in [-0.25, -0.2) is 17.7 Å². The highest BCUT2D eigenvalue weighted by molar-refractivity contribution is 7.89. The molecule has 0 spiro atoms. The summed E-state index contributed by atoms with van der Waals surface area (Å²) in [6.07, 6.45) is 1.28. The van der Waals surface area contributed by atoms with Gasteiger partial charge in [0, 0.05) is 25.8 Å². The molecule has 82 valence electrons. The molecule has 0 aromatic carbocycles. The van der Waals surface area contributed by atoms with Crippen LogP contribution in [0, 0.1) is 0 Å². The van der Waals surface area contributed by atoms with Crippen LogP contribution in [0.25, 0.3) is 0 Å². The fourth-order valence-electron chi connectivity index (χ4n) is 0.988. The Hall–Kier alpha value is -0.955. The number of nitrogens with zero attached hydrogens (tertiary/aromatic N) is 2. The predicted molar refractivity (Wildman–Crippen MR) is 54.9 cm³/mol. The molecule has 1 aromatic heterocycles. The molecule has 15 heavy (non-hydrogen) atoms. The van der Waals surface area contributed by atoms with Gasteiger partial charge < -0.3 is 10.0 Å². The lowest BCUT2D eigenvalue weighted by atomic mass is 9.82. The minimum absolute atomic E-state index is 0.133. The summed E-state index contributed by atoms with van der Waals surface area (Å²) in [6, 6.07) is 2.73. The molecule has 0 unspecified atom stereocenters. The largest absolute Gasteiger partial charge is 0.491 e. The van der Waals surface area contributed by atoms with E-state index in [1.54, 1.807) is 0 Å². The molecular weight excluding hydrogens is 219 g/mol. The fraction of sp³-hybridized carbons (Fsp3) is 0.286. The lowest BCUT2D eigenvalue weighted by Gasteiger charge is -2.13. The quantitative estimate of drug-likeness (QED) is 0.587. The van der Waals surface area contributed by atoms with Crippen molar-refractivity contribution in [3.8, 4) is 0 Å². The van der Waals surface area contributed by atoms with Crippen molar-refractivity contribution in [2.75, 3.05) is 14.1 Å². The second kappa shape index (κ2) is 4.27. The number of sulfonamides is 1. The summed E-state index contributed by atoms with van der Waals surface area (Å²) in [7, 11) is -2.92. The molecule has 1 aromatic rings. The molecule has 0 radical (unpaired) electrons. The summed E-state index contributed by atoms with van der Waals surface area (Å²) in [5.41, 5.74) is -0.133. The minimum Gasteiger partial charge on any atom is -0.423 e. The van der Waals surface area contributed by atoms with Gasteiger partial charge in [0.1, 0.15) is 0 Å². The van der Waals surface area contributed by atoms with Crippen LogP contribution in [-0.4, -0.2) is 49.0 Å². The van der Waals surface area contributed by atoms with Crippen LogP contribution in [0.15, 0.2) is 23.4 Å². The fourth-order valence-corrected chi connectivity index (χ4v) is 2.00. The average Bonchev–Trinajstić information content (AvgIpc) is 2.17. The highest BCUT2D eigenvalue weighted by atomic mass is 32.2. The molecule has 0 saturated heterocycles. The van der Waals surface area contributed by atoms with Crippen LogP contribution in [0.5, 0.6) is 0 Å². The SMILES string of the molecule is CN(C)S(=O)(=O)c1ncccc1B(O)O. The number of rotatable bonds is 3. The molecule has 0 atom stereocenters. The third-order valence-electron chi connectivity index (χ3n) is 1.80. The lowest BCUT2D eigenvalue weighted by Crippen LogP contribution is -2.38. The molecule has 2 N–H and O–H groups in total. The molecule has 0 amide bonds. The van der Waals surface area contributed by atoms with E-state index in [1.807, 2.05) is 0 Å². The number of hydrogen-bond donors (Lipinski definition) is 2. The van der Waals surface area contributed by atoms with Gasteiger partial charge >= 0.3 is 7.12 Å². The van der Waals surface area contributed by atoms with Gasteiger partial charge in [-0.3, -0.25) is 0 Å². The standard InChI is InChI=1S/C7H11BN2O4S/c1-10(2)15(13,14)7-6(8(11)12)4-3-5-9-7/h3-5,11-12H,1-2H3. The summed E-state index contributed by atoms with van der Waals surface area (Å²) in [4.78, 5) is 3.64. The first-order chi connectivity index (χ1) is 6.87. The first-order valence-corrected chi connectivity index (χ1v) is 5.55. The Morgan fingerprint density at radius 1 is 1.40 bits per heavy atom. The normalized spacial score (nSPS) is 11.8. The Bertz CT molecular complexity index is 446. The average molecular weight is 230 g/mol. The van der Waals surface area contributed by atoms with Crippen LogP contribution in [0.3, 0.4) is 0 Å². The zero-order valence-corrected chi connectivity index (χ0v) is 9.14.